The summed E-state index contributed by atoms with van der Waals surface area (Å²) >= 11 is 1.01. The first kappa shape index (κ1) is 20.3. The summed E-state index contributed by atoms with van der Waals surface area (Å²) in [5.41, 5.74) is 19.0. The van der Waals surface area contributed by atoms with E-state index in [4.69, 9.17) is 16.6 Å². The summed E-state index contributed by atoms with van der Waals surface area (Å²) in [6.07, 6.45) is 0. The molecule has 4 aromatic rings. The molecule has 156 valence electrons. The van der Waals surface area contributed by atoms with Crippen molar-refractivity contribution in [3.8, 4) is 22.3 Å². The van der Waals surface area contributed by atoms with E-state index in [1.54, 1.807) is 31.2 Å². The number of hydrogen-bond donors (Lipinski definition) is 4. The van der Waals surface area contributed by atoms with Crippen LogP contribution < -0.4 is 11.5 Å². The Kier molecular flexibility index (Phi) is 4.82. The lowest BCUT2D eigenvalue weighted by atomic mass is 9.89. The molecule has 1 heterocycles. The van der Waals surface area contributed by atoms with Crippen LogP contribution in [0.15, 0.2) is 36.4 Å². The molecule has 0 radical (unpaired) electrons. The van der Waals surface area contributed by atoms with Gasteiger partial charge in [-0.25, -0.2) is 9.59 Å². The van der Waals surface area contributed by atoms with Crippen molar-refractivity contribution < 1.29 is 19.8 Å². The maximum Gasteiger partial charge on any atom is 0.335 e. The van der Waals surface area contributed by atoms with Gasteiger partial charge in [-0.2, -0.15) is 8.75 Å². The third-order valence-corrected chi connectivity index (χ3v) is 6.03. The fourth-order valence-electron chi connectivity index (χ4n) is 3.71. The van der Waals surface area contributed by atoms with Crippen molar-refractivity contribution in [1.82, 2.24) is 8.75 Å². The van der Waals surface area contributed by atoms with Gasteiger partial charge >= 0.3 is 11.9 Å². The van der Waals surface area contributed by atoms with Gasteiger partial charge in [-0.3, -0.25) is 0 Å². The molecule has 0 saturated carbocycles. The van der Waals surface area contributed by atoms with Crippen molar-refractivity contribution in [1.29, 1.82) is 0 Å². The van der Waals surface area contributed by atoms with Crippen molar-refractivity contribution in [3.05, 3.63) is 58.7 Å². The normalized spacial score (nSPS) is 11.0. The zero-order valence-electron chi connectivity index (χ0n) is 16.6. The van der Waals surface area contributed by atoms with Crippen LogP contribution in [0, 0.1) is 13.8 Å². The van der Waals surface area contributed by atoms with E-state index in [1.807, 2.05) is 6.92 Å². The summed E-state index contributed by atoms with van der Waals surface area (Å²) in [4.78, 5) is 22.6. The molecule has 0 saturated heterocycles. The molecular weight excluding hydrogens is 416 g/mol. The lowest BCUT2D eigenvalue weighted by molar-refractivity contribution is 0.0685. The van der Waals surface area contributed by atoms with E-state index in [-0.39, 0.29) is 11.1 Å². The van der Waals surface area contributed by atoms with Crippen molar-refractivity contribution in [3.63, 3.8) is 0 Å². The van der Waals surface area contributed by atoms with E-state index >= 15 is 0 Å². The fourth-order valence-corrected chi connectivity index (χ4v) is 4.27. The fraction of sp³-hybridized carbons (Fsp3) is 0.0909. The van der Waals surface area contributed by atoms with Crippen LogP contribution in [-0.4, -0.2) is 30.9 Å². The topological polar surface area (TPSA) is 152 Å². The Labute approximate surface area is 181 Å². The number of carboxylic acids is 2. The van der Waals surface area contributed by atoms with Crippen LogP contribution in [0.2, 0.25) is 0 Å². The number of nitrogens with two attached hydrogens (primary N) is 2. The zero-order valence-corrected chi connectivity index (χ0v) is 17.4. The number of hydrogen-bond acceptors (Lipinski definition) is 7. The third kappa shape index (κ3) is 3.15. The van der Waals surface area contributed by atoms with Crippen LogP contribution in [0.4, 0.5) is 11.4 Å². The molecule has 0 spiro atoms. The monoisotopic (exact) mass is 434 g/mol. The summed E-state index contributed by atoms with van der Waals surface area (Å²) in [5.74, 6) is -2.02. The van der Waals surface area contributed by atoms with Crippen molar-refractivity contribution in [2.24, 2.45) is 0 Å². The highest BCUT2D eigenvalue weighted by atomic mass is 32.1. The summed E-state index contributed by atoms with van der Waals surface area (Å²) in [7, 11) is 0. The van der Waals surface area contributed by atoms with Gasteiger partial charge in [0.15, 0.2) is 0 Å². The summed E-state index contributed by atoms with van der Waals surface area (Å²) < 4.78 is 8.86. The number of rotatable bonds is 4. The van der Waals surface area contributed by atoms with Crippen LogP contribution in [0.5, 0.6) is 0 Å². The van der Waals surface area contributed by atoms with Crippen LogP contribution in [0.3, 0.4) is 0 Å². The van der Waals surface area contributed by atoms with Gasteiger partial charge in [0, 0.05) is 11.1 Å². The summed E-state index contributed by atoms with van der Waals surface area (Å²) in [6, 6.07) is 9.54. The second-order valence-corrected chi connectivity index (χ2v) is 7.67. The van der Waals surface area contributed by atoms with Gasteiger partial charge in [0.25, 0.3) is 0 Å². The van der Waals surface area contributed by atoms with E-state index in [9.17, 15) is 14.7 Å². The number of benzene rings is 3. The molecule has 6 N–H and O–H groups in total. The highest BCUT2D eigenvalue weighted by Gasteiger charge is 2.24. The highest BCUT2D eigenvalue weighted by Crippen LogP contribution is 2.45. The maximum absolute atomic E-state index is 11.5. The van der Waals surface area contributed by atoms with Gasteiger partial charge in [0.2, 0.25) is 0 Å². The first-order chi connectivity index (χ1) is 14.7. The molecule has 0 amide bonds. The van der Waals surface area contributed by atoms with E-state index in [1.165, 1.54) is 12.1 Å². The molecule has 4 rings (SSSR count). The van der Waals surface area contributed by atoms with Gasteiger partial charge in [-0.1, -0.05) is 18.2 Å². The molecule has 31 heavy (non-hydrogen) atoms. The minimum Gasteiger partial charge on any atom is -0.478 e. The van der Waals surface area contributed by atoms with Crippen LogP contribution in [-0.2, 0) is 0 Å². The Hall–Kier alpha value is -3.98. The number of carboxylic acid groups (broad SMARTS) is 2. The molecule has 1 aromatic heterocycles. The Balaban J connectivity index is 2.00. The summed E-state index contributed by atoms with van der Waals surface area (Å²) in [5, 5.41) is 18.5. The van der Waals surface area contributed by atoms with Crippen molar-refractivity contribution in [2.75, 3.05) is 11.5 Å². The third-order valence-electron chi connectivity index (χ3n) is 5.50. The molecular formula is C22H18N4O4S. The SMILES string of the molecule is Cc1c(C(=O)O)ccc(-c2c(N)c(N)c(-c3ccc(C(=O)O)cc3)c3nsnc23)c1C. The predicted molar refractivity (Wildman–Crippen MR) is 121 cm³/mol. The first-order valence-electron chi connectivity index (χ1n) is 9.23. The maximum atomic E-state index is 11.5. The number of nitrogens with zero attached hydrogens (tertiary/aromatic N) is 2. The number of nitrogen functional groups attached to an aromatic ring is 2. The average molecular weight is 434 g/mol. The molecule has 0 aliphatic heterocycles. The predicted octanol–water partition coefficient (Wildman–Crippen LogP) is 4.20. The molecule has 0 aliphatic rings. The molecule has 8 nitrogen and oxygen atoms in total. The molecule has 0 bridgehead atoms. The van der Waals surface area contributed by atoms with Crippen LogP contribution in [0.25, 0.3) is 33.3 Å². The average Bonchev–Trinajstić information content (AvgIpc) is 3.20. The molecule has 0 atom stereocenters. The van der Waals surface area contributed by atoms with Gasteiger partial charge in [-0.15, -0.1) is 0 Å². The lowest BCUT2D eigenvalue weighted by Crippen LogP contribution is -2.05. The number of aromatic carboxylic acids is 2. The molecule has 0 fully saturated rings. The number of aromatic nitrogens is 2. The lowest BCUT2D eigenvalue weighted by Gasteiger charge is -2.17. The Bertz CT molecular complexity index is 1380. The largest absolute Gasteiger partial charge is 0.478 e. The number of carbonyl (C=O) groups is 2. The van der Waals surface area contributed by atoms with Gasteiger partial charge in [-0.05, 0) is 54.3 Å². The standard InChI is InChI=1S/C22H18N4O4S/c1-9-10(2)14(22(29)30)8-7-13(9)16-18(24)17(23)15(19-20(16)26-31-25-19)11-3-5-12(6-4-11)21(27)28/h3-8H,23-24H2,1-2H3,(H,27,28)(H,29,30). The smallest absolute Gasteiger partial charge is 0.335 e. The summed E-state index contributed by atoms with van der Waals surface area (Å²) in [6.45, 7) is 3.58. The van der Waals surface area contributed by atoms with Crippen molar-refractivity contribution in [2.45, 2.75) is 13.8 Å². The Morgan fingerprint density at radius 3 is 1.97 bits per heavy atom. The second kappa shape index (κ2) is 7.37. The molecule has 9 heteroatoms. The number of fused-ring (bicyclic) bond motifs is 1. The van der Waals surface area contributed by atoms with E-state index in [2.05, 4.69) is 8.75 Å². The van der Waals surface area contributed by atoms with E-state index < -0.39 is 11.9 Å². The Morgan fingerprint density at radius 2 is 1.39 bits per heavy atom. The van der Waals surface area contributed by atoms with Crippen LogP contribution in [0.1, 0.15) is 31.8 Å². The Morgan fingerprint density at radius 1 is 0.806 bits per heavy atom. The molecule has 0 aliphatic carbocycles. The highest BCUT2D eigenvalue weighted by molar-refractivity contribution is 7.00. The minimum atomic E-state index is -1.02. The van der Waals surface area contributed by atoms with E-state index in [0.717, 1.165) is 22.9 Å². The zero-order chi connectivity index (χ0) is 22.4. The van der Waals surface area contributed by atoms with Crippen LogP contribution >= 0.6 is 11.7 Å². The minimum absolute atomic E-state index is 0.157. The quantitative estimate of drug-likeness (QED) is 0.349. The molecule has 3 aromatic carbocycles. The molecule has 0 unspecified atom stereocenters. The first-order valence-corrected chi connectivity index (χ1v) is 9.96. The van der Waals surface area contributed by atoms with Crippen molar-refractivity contribution >= 4 is 46.1 Å². The van der Waals surface area contributed by atoms with Gasteiger partial charge in [0.05, 0.1) is 34.2 Å². The second-order valence-electron chi connectivity index (χ2n) is 7.14. The number of anilines is 2. The van der Waals surface area contributed by atoms with E-state index in [0.29, 0.717) is 44.7 Å². The van der Waals surface area contributed by atoms with Gasteiger partial charge in [0.1, 0.15) is 11.0 Å². The van der Waals surface area contributed by atoms with Gasteiger partial charge < -0.3 is 21.7 Å².